The maximum atomic E-state index is 12.6. The summed E-state index contributed by atoms with van der Waals surface area (Å²) in [5.41, 5.74) is 0. The fourth-order valence-corrected chi connectivity index (χ4v) is 5.34. The molecule has 0 fully saturated rings. The summed E-state index contributed by atoms with van der Waals surface area (Å²) in [7, 11) is 0. The number of ether oxygens (including phenoxy) is 1. The molecule has 0 saturated carbocycles. The molecule has 0 heterocycles. The second kappa shape index (κ2) is 32.2. The lowest BCUT2D eigenvalue weighted by Crippen LogP contribution is -2.18. The van der Waals surface area contributed by atoms with E-state index in [0.29, 0.717) is 6.42 Å². The number of allylic oxidation sites excluding steroid dienone is 2. The van der Waals surface area contributed by atoms with Gasteiger partial charge in [-0.25, -0.2) is 0 Å². The molecule has 40 heavy (non-hydrogen) atoms. The van der Waals surface area contributed by atoms with Gasteiger partial charge in [-0.3, -0.25) is 9.59 Å². The summed E-state index contributed by atoms with van der Waals surface area (Å²) < 4.78 is 5.98. The average Bonchev–Trinajstić information content (AvgIpc) is 2.93. The van der Waals surface area contributed by atoms with Gasteiger partial charge in [0.25, 0.3) is 0 Å². The minimum Gasteiger partial charge on any atom is -0.481 e. The number of hydrogen-bond donors (Lipinski definition) is 1. The van der Waals surface area contributed by atoms with E-state index in [9.17, 15) is 9.59 Å². The van der Waals surface area contributed by atoms with Crippen molar-refractivity contribution in [1.82, 2.24) is 0 Å². The number of hydrogen-bond acceptors (Lipinski definition) is 3. The second-order valence-electron chi connectivity index (χ2n) is 12.1. The van der Waals surface area contributed by atoms with E-state index in [1.807, 2.05) is 0 Å². The number of carboxylic acids is 1. The normalized spacial score (nSPS) is 12.2. The van der Waals surface area contributed by atoms with Crippen LogP contribution < -0.4 is 0 Å². The Bertz CT molecular complexity index is 571. The molecule has 1 atom stereocenters. The molecule has 1 unspecified atom stereocenters. The molecule has 4 nitrogen and oxygen atoms in total. The molecule has 0 saturated heterocycles. The lowest BCUT2D eigenvalue weighted by atomic mass is 10.0. The summed E-state index contributed by atoms with van der Waals surface area (Å²) in [6, 6.07) is 0. The third kappa shape index (κ3) is 31.2. The van der Waals surface area contributed by atoms with Crippen LogP contribution in [0.5, 0.6) is 0 Å². The Hall–Kier alpha value is -1.32. The van der Waals surface area contributed by atoms with Crippen LogP contribution in [0.4, 0.5) is 0 Å². The first-order valence-corrected chi connectivity index (χ1v) is 17.7. The first-order valence-electron chi connectivity index (χ1n) is 17.7. The molecule has 4 heteroatoms. The quantitative estimate of drug-likeness (QED) is 0.0501. The van der Waals surface area contributed by atoms with E-state index in [-0.39, 0.29) is 18.5 Å². The minimum absolute atomic E-state index is 0.00427. The Morgan fingerprint density at radius 2 is 0.925 bits per heavy atom. The van der Waals surface area contributed by atoms with Crippen LogP contribution in [0, 0.1) is 0 Å². The van der Waals surface area contributed by atoms with Crippen LogP contribution in [0.2, 0.25) is 0 Å². The van der Waals surface area contributed by atoms with E-state index in [4.69, 9.17) is 9.84 Å². The van der Waals surface area contributed by atoms with Gasteiger partial charge in [-0.1, -0.05) is 142 Å². The lowest BCUT2D eigenvalue weighted by molar-refractivity contribution is -0.150. The first kappa shape index (κ1) is 38.7. The van der Waals surface area contributed by atoms with Crippen molar-refractivity contribution in [3.8, 4) is 0 Å². The number of unbranched alkanes of at least 4 members (excludes halogenated alkanes) is 21. The van der Waals surface area contributed by atoms with Gasteiger partial charge in [0.05, 0.1) is 0 Å². The SMILES string of the molecule is CCCC/C=C\CCCCCCCC(=O)OC(CCCCCCCCCCCC)CCCCCCCCC(=O)O. The van der Waals surface area contributed by atoms with E-state index in [1.54, 1.807) is 0 Å². The molecule has 0 bridgehead atoms. The van der Waals surface area contributed by atoms with Crippen LogP contribution in [0.1, 0.15) is 200 Å². The molecule has 0 aromatic rings. The van der Waals surface area contributed by atoms with Crippen molar-refractivity contribution < 1.29 is 19.4 Å². The van der Waals surface area contributed by atoms with Crippen molar-refractivity contribution in [3.05, 3.63) is 12.2 Å². The van der Waals surface area contributed by atoms with Crippen LogP contribution in [0.3, 0.4) is 0 Å². The number of aliphatic carboxylic acids is 1. The zero-order valence-electron chi connectivity index (χ0n) is 26.9. The molecule has 0 aliphatic rings. The number of rotatable bonds is 32. The molecule has 0 radical (unpaired) electrons. The van der Waals surface area contributed by atoms with E-state index in [2.05, 4.69) is 26.0 Å². The summed E-state index contributed by atoms with van der Waals surface area (Å²) in [6.45, 7) is 4.51. The Morgan fingerprint density at radius 1 is 0.525 bits per heavy atom. The number of carbonyl (C=O) groups is 2. The minimum atomic E-state index is -0.692. The molecule has 0 aromatic carbocycles. The second-order valence-corrected chi connectivity index (χ2v) is 12.1. The molecule has 1 N–H and O–H groups in total. The first-order chi connectivity index (χ1) is 19.6. The van der Waals surface area contributed by atoms with Gasteiger partial charge in [0.15, 0.2) is 0 Å². The van der Waals surface area contributed by atoms with E-state index in [1.165, 1.54) is 103 Å². The van der Waals surface area contributed by atoms with Crippen molar-refractivity contribution in [1.29, 1.82) is 0 Å². The van der Waals surface area contributed by atoms with Crippen LogP contribution in [0.15, 0.2) is 12.2 Å². The van der Waals surface area contributed by atoms with Crippen molar-refractivity contribution >= 4 is 11.9 Å². The highest BCUT2D eigenvalue weighted by atomic mass is 16.5. The lowest BCUT2D eigenvalue weighted by Gasteiger charge is -2.18. The Balaban J connectivity index is 4.08. The summed E-state index contributed by atoms with van der Waals surface area (Å²) >= 11 is 0. The Labute approximate surface area is 249 Å². The number of carboxylic acid groups (broad SMARTS) is 1. The van der Waals surface area contributed by atoms with E-state index in [0.717, 1.165) is 70.6 Å². The zero-order valence-corrected chi connectivity index (χ0v) is 26.9. The molecule has 0 aliphatic carbocycles. The molecule has 236 valence electrons. The summed E-state index contributed by atoms with van der Waals surface area (Å²) in [5, 5.41) is 8.76. The largest absolute Gasteiger partial charge is 0.481 e. The van der Waals surface area contributed by atoms with E-state index < -0.39 is 5.97 Å². The summed E-state index contributed by atoms with van der Waals surface area (Å²) in [4.78, 5) is 23.2. The van der Waals surface area contributed by atoms with Crippen LogP contribution >= 0.6 is 0 Å². The molecule has 0 spiro atoms. The van der Waals surface area contributed by atoms with Gasteiger partial charge >= 0.3 is 11.9 Å². The molecule has 0 amide bonds. The van der Waals surface area contributed by atoms with Gasteiger partial charge < -0.3 is 9.84 Å². The van der Waals surface area contributed by atoms with Gasteiger partial charge in [-0.05, 0) is 57.8 Å². The van der Waals surface area contributed by atoms with Gasteiger partial charge in [-0.2, -0.15) is 0 Å². The zero-order chi connectivity index (χ0) is 29.4. The summed E-state index contributed by atoms with van der Waals surface area (Å²) in [5.74, 6) is -0.688. The highest BCUT2D eigenvalue weighted by Gasteiger charge is 2.14. The van der Waals surface area contributed by atoms with Crippen molar-refractivity contribution in [2.45, 2.75) is 206 Å². The summed E-state index contributed by atoms with van der Waals surface area (Å²) in [6.07, 6.45) is 37.9. The standard InChI is InChI=1S/C36H68O4/c1-3-5-7-9-11-13-15-17-19-25-29-33-36(39)40-34(31-27-23-20-21-24-28-32-35(37)38)30-26-22-18-16-14-12-10-8-6-4-2/h9,11,34H,3-8,10,12-33H2,1-2H3,(H,37,38)/b11-9-. The van der Waals surface area contributed by atoms with Gasteiger partial charge in [0, 0.05) is 12.8 Å². The molecular formula is C36H68O4. The molecule has 0 aromatic heterocycles. The molecule has 0 rings (SSSR count). The van der Waals surface area contributed by atoms with Crippen molar-refractivity contribution in [2.75, 3.05) is 0 Å². The van der Waals surface area contributed by atoms with Gasteiger partial charge in [-0.15, -0.1) is 0 Å². The van der Waals surface area contributed by atoms with Gasteiger partial charge in [0.2, 0.25) is 0 Å². The Morgan fingerprint density at radius 3 is 1.43 bits per heavy atom. The monoisotopic (exact) mass is 565 g/mol. The third-order valence-electron chi connectivity index (χ3n) is 7.99. The number of esters is 1. The molecular weight excluding hydrogens is 496 g/mol. The molecule has 0 aliphatic heterocycles. The number of carbonyl (C=O) groups excluding carboxylic acids is 1. The van der Waals surface area contributed by atoms with E-state index >= 15 is 0 Å². The van der Waals surface area contributed by atoms with Crippen molar-refractivity contribution in [2.24, 2.45) is 0 Å². The van der Waals surface area contributed by atoms with Gasteiger partial charge in [0.1, 0.15) is 6.10 Å². The fraction of sp³-hybridized carbons (Fsp3) is 0.889. The smallest absolute Gasteiger partial charge is 0.306 e. The highest BCUT2D eigenvalue weighted by molar-refractivity contribution is 5.69. The van der Waals surface area contributed by atoms with Crippen LogP contribution in [-0.2, 0) is 14.3 Å². The highest BCUT2D eigenvalue weighted by Crippen LogP contribution is 2.19. The van der Waals surface area contributed by atoms with Crippen LogP contribution in [0.25, 0.3) is 0 Å². The third-order valence-corrected chi connectivity index (χ3v) is 7.99. The topological polar surface area (TPSA) is 63.6 Å². The Kier molecular flexibility index (Phi) is 31.1. The maximum absolute atomic E-state index is 12.6. The van der Waals surface area contributed by atoms with Crippen LogP contribution in [-0.4, -0.2) is 23.1 Å². The fourth-order valence-electron chi connectivity index (χ4n) is 5.34. The van der Waals surface area contributed by atoms with Crippen molar-refractivity contribution in [3.63, 3.8) is 0 Å². The average molecular weight is 565 g/mol. The predicted molar refractivity (Wildman–Crippen MR) is 172 cm³/mol. The maximum Gasteiger partial charge on any atom is 0.306 e. The predicted octanol–water partition coefficient (Wildman–Crippen LogP) is 11.9.